The highest BCUT2D eigenvalue weighted by Gasteiger charge is 2.27. The SMILES string of the molecule is C[C@@H]1C(=O)Nc2ccc(C(=O)COC(=O)CCCSc3ccc(Cl)cc3)cc21. The van der Waals surface area contributed by atoms with Gasteiger partial charge in [0.05, 0.1) is 5.92 Å². The molecule has 0 unspecified atom stereocenters. The zero-order valence-electron chi connectivity index (χ0n) is 15.4. The van der Waals surface area contributed by atoms with Gasteiger partial charge in [0.25, 0.3) is 0 Å². The molecule has 0 saturated carbocycles. The van der Waals surface area contributed by atoms with Crippen molar-refractivity contribution in [3.63, 3.8) is 0 Å². The van der Waals surface area contributed by atoms with E-state index in [1.807, 2.05) is 24.3 Å². The van der Waals surface area contributed by atoms with Crippen molar-refractivity contribution in [2.45, 2.75) is 30.6 Å². The average Bonchev–Trinajstić information content (AvgIpc) is 2.98. The van der Waals surface area contributed by atoms with Gasteiger partial charge >= 0.3 is 5.97 Å². The van der Waals surface area contributed by atoms with E-state index in [9.17, 15) is 14.4 Å². The van der Waals surface area contributed by atoms with Crippen LogP contribution in [0.3, 0.4) is 0 Å². The Morgan fingerprint density at radius 3 is 2.68 bits per heavy atom. The van der Waals surface area contributed by atoms with E-state index in [2.05, 4.69) is 5.32 Å². The van der Waals surface area contributed by atoms with Crippen molar-refractivity contribution >= 4 is 46.7 Å². The molecule has 0 aliphatic carbocycles. The fraction of sp³-hybridized carbons (Fsp3) is 0.286. The molecule has 1 aliphatic rings. The van der Waals surface area contributed by atoms with Gasteiger partial charge in [0.1, 0.15) is 0 Å². The normalized spacial score (nSPS) is 15.1. The first kappa shape index (κ1) is 20.4. The number of hydrogen-bond acceptors (Lipinski definition) is 5. The van der Waals surface area contributed by atoms with Crippen molar-refractivity contribution < 1.29 is 19.1 Å². The fourth-order valence-electron chi connectivity index (χ4n) is 2.83. The molecule has 1 N–H and O–H groups in total. The Kier molecular flexibility index (Phi) is 6.75. The number of carbonyl (C=O) groups excluding carboxylic acids is 3. The maximum Gasteiger partial charge on any atom is 0.306 e. The summed E-state index contributed by atoms with van der Waals surface area (Å²) in [7, 11) is 0. The lowest BCUT2D eigenvalue weighted by molar-refractivity contribution is -0.142. The van der Waals surface area contributed by atoms with Crippen LogP contribution in [0.15, 0.2) is 47.4 Å². The number of ketones is 1. The molecule has 1 aliphatic heterocycles. The number of Topliss-reactive ketones (excluding diaryl/α,β-unsaturated/α-hetero) is 1. The lowest BCUT2D eigenvalue weighted by Crippen LogP contribution is -2.14. The summed E-state index contributed by atoms with van der Waals surface area (Å²) in [5.41, 5.74) is 1.96. The third kappa shape index (κ3) is 5.14. The number of anilines is 1. The minimum absolute atomic E-state index is 0.0810. The van der Waals surface area contributed by atoms with Crippen molar-refractivity contribution in [3.05, 3.63) is 58.6 Å². The summed E-state index contributed by atoms with van der Waals surface area (Å²) in [6, 6.07) is 12.6. The number of ether oxygens (including phenoxy) is 1. The van der Waals surface area contributed by atoms with E-state index in [1.54, 1.807) is 36.9 Å². The van der Waals surface area contributed by atoms with Gasteiger partial charge in [0, 0.05) is 27.6 Å². The summed E-state index contributed by atoms with van der Waals surface area (Å²) in [6.07, 6.45) is 0.915. The number of thioether (sulfide) groups is 1. The Morgan fingerprint density at radius 2 is 1.93 bits per heavy atom. The molecule has 2 aromatic rings. The summed E-state index contributed by atoms with van der Waals surface area (Å²) >= 11 is 7.48. The molecule has 0 bridgehead atoms. The third-order valence-corrected chi connectivity index (χ3v) is 5.81. The maximum absolute atomic E-state index is 12.3. The molecule has 146 valence electrons. The third-order valence-electron chi connectivity index (χ3n) is 4.46. The zero-order valence-corrected chi connectivity index (χ0v) is 16.9. The van der Waals surface area contributed by atoms with Crippen molar-refractivity contribution in [2.75, 3.05) is 17.7 Å². The number of fused-ring (bicyclic) bond motifs is 1. The van der Waals surface area contributed by atoms with Crippen molar-refractivity contribution in [3.8, 4) is 0 Å². The van der Waals surface area contributed by atoms with Crippen LogP contribution in [0.4, 0.5) is 5.69 Å². The lowest BCUT2D eigenvalue weighted by atomic mass is 9.99. The van der Waals surface area contributed by atoms with Crippen LogP contribution in [-0.2, 0) is 14.3 Å². The zero-order chi connectivity index (χ0) is 20.1. The van der Waals surface area contributed by atoms with E-state index in [0.717, 1.165) is 21.9 Å². The largest absolute Gasteiger partial charge is 0.457 e. The van der Waals surface area contributed by atoms with Crippen molar-refractivity contribution in [2.24, 2.45) is 0 Å². The summed E-state index contributed by atoms with van der Waals surface area (Å²) in [4.78, 5) is 36.9. The topological polar surface area (TPSA) is 72.5 Å². The Morgan fingerprint density at radius 1 is 1.18 bits per heavy atom. The quantitative estimate of drug-likeness (QED) is 0.292. The first-order valence-electron chi connectivity index (χ1n) is 8.96. The lowest BCUT2D eigenvalue weighted by Gasteiger charge is -2.07. The molecule has 3 rings (SSSR count). The smallest absolute Gasteiger partial charge is 0.306 e. The van der Waals surface area contributed by atoms with Crippen LogP contribution in [0.2, 0.25) is 5.02 Å². The van der Waals surface area contributed by atoms with Gasteiger partial charge in [-0.3, -0.25) is 14.4 Å². The molecule has 0 aromatic heterocycles. The Labute approximate surface area is 172 Å². The molecule has 0 saturated heterocycles. The van der Waals surface area contributed by atoms with Gasteiger partial charge in [-0.15, -0.1) is 11.8 Å². The van der Waals surface area contributed by atoms with Gasteiger partial charge in [-0.1, -0.05) is 11.6 Å². The molecular formula is C21H20ClNO4S. The molecule has 1 atom stereocenters. The second-order valence-electron chi connectivity index (χ2n) is 6.50. The predicted molar refractivity (Wildman–Crippen MR) is 110 cm³/mol. The highest BCUT2D eigenvalue weighted by molar-refractivity contribution is 7.99. The van der Waals surface area contributed by atoms with Crippen LogP contribution in [0.5, 0.6) is 0 Å². The molecular weight excluding hydrogens is 398 g/mol. The number of esters is 1. The average molecular weight is 418 g/mol. The van der Waals surface area contributed by atoms with Crippen LogP contribution >= 0.6 is 23.4 Å². The second kappa shape index (κ2) is 9.26. The number of hydrogen-bond donors (Lipinski definition) is 1. The van der Waals surface area contributed by atoms with Gasteiger partial charge in [0.15, 0.2) is 12.4 Å². The maximum atomic E-state index is 12.3. The first-order chi connectivity index (χ1) is 13.4. The van der Waals surface area contributed by atoms with Gasteiger partial charge in [-0.2, -0.15) is 0 Å². The first-order valence-corrected chi connectivity index (χ1v) is 10.3. The van der Waals surface area contributed by atoms with Crippen molar-refractivity contribution in [1.29, 1.82) is 0 Å². The molecule has 1 heterocycles. The van der Waals surface area contributed by atoms with Crippen LogP contribution in [0, 0.1) is 0 Å². The summed E-state index contributed by atoms with van der Waals surface area (Å²) in [6.45, 7) is 1.50. The Balaban J connectivity index is 1.40. The van der Waals surface area contributed by atoms with Crippen LogP contribution in [-0.4, -0.2) is 30.0 Å². The molecule has 28 heavy (non-hydrogen) atoms. The summed E-state index contributed by atoms with van der Waals surface area (Å²) < 4.78 is 5.10. The van der Waals surface area contributed by atoms with E-state index < -0.39 is 5.97 Å². The van der Waals surface area contributed by atoms with Crippen LogP contribution < -0.4 is 5.32 Å². The summed E-state index contributed by atoms with van der Waals surface area (Å²) in [5, 5.41) is 3.46. The number of carbonyl (C=O) groups is 3. The molecule has 2 aromatic carbocycles. The Bertz CT molecular complexity index is 898. The van der Waals surface area contributed by atoms with Crippen LogP contribution in [0.1, 0.15) is 41.6 Å². The van der Waals surface area contributed by atoms with Gasteiger partial charge < -0.3 is 10.1 Å². The van der Waals surface area contributed by atoms with E-state index >= 15 is 0 Å². The molecule has 0 radical (unpaired) electrons. The predicted octanol–water partition coefficient (Wildman–Crippen LogP) is 4.69. The Hall–Kier alpha value is -2.31. The number of nitrogens with one attached hydrogen (secondary N) is 1. The number of amides is 1. The molecule has 5 nitrogen and oxygen atoms in total. The highest BCUT2D eigenvalue weighted by atomic mass is 35.5. The standard InChI is InChI=1S/C21H20ClNO4S/c1-13-17-11-14(4-9-18(17)23-21(13)26)19(24)12-27-20(25)3-2-10-28-16-7-5-15(22)6-8-16/h4-9,11,13H,2-3,10,12H2,1H3,(H,23,26)/t13-/m0/s1. The second-order valence-corrected chi connectivity index (χ2v) is 8.11. The monoisotopic (exact) mass is 417 g/mol. The molecule has 0 fully saturated rings. The molecule has 1 amide bonds. The van der Waals surface area contributed by atoms with Crippen LogP contribution in [0.25, 0.3) is 0 Å². The summed E-state index contributed by atoms with van der Waals surface area (Å²) in [5.74, 6) is -0.269. The highest BCUT2D eigenvalue weighted by Crippen LogP contribution is 2.32. The number of halogens is 1. The number of benzene rings is 2. The van der Waals surface area contributed by atoms with Gasteiger partial charge in [-0.25, -0.2) is 0 Å². The minimum atomic E-state index is -0.392. The van der Waals surface area contributed by atoms with Gasteiger partial charge in [-0.05, 0) is 67.1 Å². The minimum Gasteiger partial charge on any atom is -0.457 e. The van der Waals surface area contributed by atoms with E-state index in [4.69, 9.17) is 16.3 Å². The fourth-order valence-corrected chi connectivity index (χ4v) is 3.81. The van der Waals surface area contributed by atoms with Gasteiger partial charge in [0.2, 0.25) is 5.91 Å². The van der Waals surface area contributed by atoms with E-state index in [1.165, 1.54) is 0 Å². The van der Waals surface area contributed by atoms with Crippen molar-refractivity contribution in [1.82, 2.24) is 0 Å². The molecule has 0 spiro atoms. The van der Waals surface area contributed by atoms with E-state index in [0.29, 0.717) is 17.0 Å². The molecule has 7 heteroatoms. The van der Waals surface area contributed by atoms with E-state index in [-0.39, 0.29) is 30.6 Å². The number of rotatable bonds is 8.